The first-order chi connectivity index (χ1) is 14.6. The molecule has 31 heavy (non-hydrogen) atoms. The lowest BCUT2D eigenvalue weighted by Crippen LogP contribution is -2.44. The van der Waals surface area contributed by atoms with Crippen LogP contribution in [0.25, 0.3) is 23.2 Å². The van der Waals surface area contributed by atoms with Crippen LogP contribution in [0.15, 0.2) is 25.6 Å². The number of carbonyl (C=O) groups is 1. The highest BCUT2D eigenvalue weighted by Gasteiger charge is 2.25. The molecule has 0 saturated carbocycles. The van der Waals surface area contributed by atoms with E-state index in [9.17, 15) is 19.2 Å². The molecule has 1 aliphatic rings. The summed E-state index contributed by atoms with van der Waals surface area (Å²) >= 11 is 0. The molecule has 0 spiro atoms. The van der Waals surface area contributed by atoms with Crippen molar-refractivity contribution >= 4 is 29.1 Å². The van der Waals surface area contributed by atoms with Gasteiger partial charge >= 0.3 is 0 Å². The van der Waals surface area contributed by atoms with Crippen molar-refractivity contribution in [3.63, 3.8) is 0 Å². The molecule has 10 heteroatoms. The molecule has 0 aliphatic carbocycles. The van der Waals surface area contributed by atoms with Crippen molar-refractivity contribution in [2.24, 2.45) is 26.2 Å². The molecule has 4 rings (SSSR count). The first-order valence-corrected chi connectivity index (χ1v) is 9.59. The van der Waals surface area contributed by atoms with Gasteiger partial charge in [0, 0.05) is 39.0 Å². The maximum atomic E-state index is 12.8. The highest BCUT2D eigenvalue weighted by atomic mass is 16.2. The Morgan fingerprint density at radius 1 is 0.871 bits per heavy atom. The molecular weight excluding hydrogens is 400 g/mol. The Hall–Kier alpha value is -3.95. The van der Waals surface area contributed by atoms with Gasteiger partial charge in [-0.1, -0.05) is 6.08 Å². The number of amides is 1. The van der Waals surface area contributed by atoms with Crippen molar-refractivity contribution in [3.05, 3.63) is 70.1 Å². The van der Waals surface area contributed by atoms with Crippen LogP contribution < -0.4 is 27.4 Å². The molecule has 3 aromatic heterocycles. The Kier molecular flexibility index (Phi) is 4.46. The molecule has 1 amide bonds. The number of carbonyl (C=O) groups excluding carboxylic acids is 1. The van der Waals surface area contributed by atoms with E-state index < -0.39 is 0 Å². The third-order valence-corrected chi connectivity index (χ3v) is 5.81. The van der Waals surface area contributed by atoms with Gasteiger partial charge in [0.1, 0.15) is 5.65 Å². The zero-order chi connectivity index (χ0) is 22.8. The van der Waals surface area contributed by atoms with Crippen LogP contribution >= 0.6 is 0 Å². The average molecular weight is 422 g/mol. The summed E-state index contributed by atoms with van der Waals surface area (Å²) in [5.41, 5.74) is 1.80. The molecule has 0 fully saturated rings. The molecule has 1 N–H and O–H groups in total. The smallest absolute Gasteiger partial charge is 0.277 e. The van der Waals surface area contributed by atoms with E-state index in [0.29, 0.717) is 44.0 Å². The molecule has 4 heterocycles. The van der Waals surface area contributed by atoms with Gasteiger partial charge in [0.2, 0.25) is 0 Å². The van der Waals surface area contributed by atoms with Crippen LogP contribution in [0.4, 0.5) is 0 Å². The van der Waals surface area contributed by atoms with E-state index in [1.54, 1.807) is 53.2 Å². The minimum Gasteiger partial charge on any atom is -0.296 e. The number of aryl methyl sites for hydroxylation is 3. The van der Waals surface area contributed by atoms with E-state index >= 15 is 0 Å². The summed E-state index contributed by atoms with van der Waals surface area (Å²) in [6.45, 7) is 3.42. The predicted octanol–water partition coefficient (Wildman–Crippen LogP) is -1.01. The number of pyridine rings is 2. The highest BCUT2D eigenvalue weighted by molar-refractivity contribution is 5.96. The molecule has 0 radical (unpaired) electrons. The number of aromatic nitrogens is 4. The highest BCUT2D eigenvalue weighted by Crippen LogP contribution is 2.15. The number of allylic oxidation sites excluding steroid dienone is 1. The molecular formula is C21H22N6O4. The normalized spacial score (nSPS) is 14.2. The number of rotatable bonds is 2. The molecule has 0 aromatic carbocycles. The van der Waals surface area contributed by atoms with E-state index in [4.69, 9.17) is 0 Å². The van der Waals surface area contributed by atoms with Crippen molar-refractivity contribution < 1.29 is 4.79 Å². The molecule has 160 valence electrons. The van der Waals surface area contributed by atoms with Gasteiger partial charge < -0.3 is 0 Å². The van der Waals surface area contributed by atoms with Crippen molar-refractivity contribution in [1.29, 1.82) is 0 Å². The Morgan fingerprint density at radius 2 is 1.55 bits per heavy atom. The minimum atomic E-state index is -0.299. The van der Waals surface area contributed by atoms with Gasteiger partial charge in [-0.05, 0) is 37.1 Å². The number of nitrogens with zero attached hydrogens (tertiary/aromatic N) is 5. The molecule has 10 nitrogen and oxygen atoms in total. The third kappa shape index (κ3) is 2.75. The topological polar surface area (TPSA) is 114 Å². The number of hydrogen-bond acceptors (Lipinski definition) is 5. The summed E-state index contributed by atoms with van der Waals surface area (Å²) in [7, 11) is 6.28. The summed E-state index contributed by atoms with van der Waals surface area (Å²) in [5, 5.41) is 8.99. The minimum absolute atomic E-state index is 0.226. The van der Waals surface area contributed by atoms with Gasteiger partial charge in [-0.2, -0.15) is 5.10 Å². The van der Waals surface area contributed by atoms with Gasteiger partial charge in [-0.3, -0.25) is 38.1 Å². The van der Waals surface area contributed by atoms with E-state index in [-0.39, 0.29) is 22.6 Å². The van der Waals surface area contributed by atoms with Gasteiger partial charge in [0.05, 0.1) is 10.9 Å². The zero-order valence-electron chi connectivity index (χ0n) is 18.1. The zero-order valence-corrected chi connectivity index (χ0v) is 18.1. The van der Waals surface area contributed by atoms with E-state index in [1.165, 1.54) is 25.9 Å². The van der Waals surface area contributed by atoms with Gasteiger partial charge in [-0.25, -0.2) is 5.01 Å². The quantitative estimate of drug-likeness (QED) is 0.570. The largest absolute Gasteiger partial charge is 0.296 e. The van der Waals surface area contributed by atoms with Crippen LogP contribution in [0.1, 0.15) is 27.0 Å². The van der Waals surface area contributed by atoms with Crippen LogP contribution in [-0.2, 0) is 21.1 Å². The van der Waals surface area contributed by atoms with E-state index in [1.807, 2.05) is 0 Å². The lowest BCUT2D eigenvalue weighted by molar-refractivity contribution is 0.0815. The van der Waals surface area contributed by atoms with E-state index in [2.05, 4.69) is 10.2 Å². The SMILES string of the molecule is Cc1c2c(n(C)c(=O)c1=CC=Cc1c(C)c3c(=O)n(C)[nH]c3n(C)c1=O)=NN(C)C2=O. The number of nitrogens with one attached hydrogen (secondary N) is 1. The van der Waals surface area contributed by atoms with Crippen LogP contribution in [-0.4, -0.2) is 36.9 Å². The average Bonchev–Trinajstić information content (AvgIpc) is 3.20. The molecule has 0 bridgehead atoms. The van der Waals surface area contributed by atoms with Crippen molar-refractivity contribution in [2.75, 3.05) is 7.05 Å². The maximum absolute atomic E-state index is 12.8. The standard InChI is InChI=1S/C21H22N6O4/c1-10-12(18(28)24(3)16-14(10)20(30)26(5)22-16)8-7-9-13-11(2)15-17(25(4)19(13)29)23-27(6)21(15)31/h7-9,22H,1-6H3. The number of aromatic amines is 1. The molecule has 0 saturated heterocycles. The number of hydrogen-bond donors (Lipinski definition) is 1. The molecule has 1 aliphatic heterocycles. The molecule has 0 unspecified atom stereocenters. The fourth-order valence-electron chi connectivity index (χ4n) is 3.96. The Labute approximate surface area is 175 Å². The van der Waals surface area contributed by atoms with Gasteiger partial charge in [0.15, 0.2) is 5.49 Å². The summed E-state index contributed by atoms with van der Waals surface area (Å²) in [5.74, 6) is -0.278. The lowest BCUT2D eigenvalue weighted by Gasteiger charge is -2.06. The summed E-state index contributed by atoms with van der Waals surface area (Å²) < 4.78 is 4.05. The second kappa shape index (κ2) is 6.79. The summed E-state index contributed by atoms with van der Waals surface area (Å²) in [4.78, 5) is 50.5. The molecule has 0 atom stereocenters. The van der Waals surface area contributed by atoms with Crippen molar-refractivity contribution in [1.82, 2.24) is 23.9 Å². The fraction of sp³-hybridized carbons (Fsp3) is 0.286. The van der Waals surface area contributed by atoms with E-state index in [0.717, 1.165) is 0 Å². The maximum Gasteiger partial charge on any atom is 0.277 e. The number of H-pyrrole nitrogens is 1. The van der Waals surface area contributed by atoms with Crippen LogP contribution in [0, 0.1) is 13.8 Å². The Balaban J connectivity index is 1.94. The first kappa shape index (κ1) is 20.3. The first-order valence-electron chi connectivity index (χ1n) is 9.59. The molecule has 3 aromatic rings. The number of fused-ring (bicyclic) bond motifs is 2. The van der Waals surface area contributed by atoms with Gasteiger partial charge in [0.25, 0.3) is 22.6 Å². The predicted molar refractivity (Wildman–Crippen MR) is 116 cm³/mol. The second-order valence-corrected chi connectivity index (χ2v) is 7.66. The van der Waals surface area contributed by atoms with Crippen molar-refractivity contribution in [2.45, 2.75) is 13.8 Å². The Bertz CT molecular complexity index is 1630. The van der Waals surface area contributed by atoms with Crippen LogP contribution in [0.3, 0.4) is 0 Å². The summed E-state index contributed by atoms with van der Waals surface area (Å²) in [6, 6.07) is 0. The summed E-state index contributed by atoms with van der Waals surface area (Å²) in [6.07, 6.45) is 4.74. The lowest BCUT2D eigenvalue weighted by atomic mass is 10.1. The second-order valence-electron chi connectivity index (χ2n) is 7.66. The van der Waals surface area contributed by atoms with Crippen molar-refractivity contribution in [3.8, 4) is 0 Å². The third-order valence-electron chi connectivity index (χ3n) is 5.81. The Morgan fingerprint density at radius 3 is 2.23 bits per heavy atom. The van der Waals surface area contributed by atoms with Crippen LogP contribution in [0.2, 0.25) is 0 Å². The fourth-order valence-corrected chi connectivity index (χ4v) is 3.96. The monoisotopic (exact) mass is 422 g/mol. The van der Waals surface area contributed by atoms with Crippen LogP contribution in [0.5, 0.6) is 0 Å². The van der Waals surface area contributed by atoms with Gasteiger partial charge in [-0.15, -0.1) is 0 Å².